The van der Waals surface area contributed by atoms with Crippen molar-refractivity contribution in [3.05, 3.63) is 78.0 Å². The summed E-state index contributed by atoms with van der Waals surface area (Å²) in [7, 11) is 0. The van der Waals surface area contributed by atoms with Crippen LogP contribution in [0.15, 0.2) is 66.9 Å². The van der Waals surface area contributed by atoms with Crippen molar-refractivity contribution in [2.24, 2.45) is 0 Å². The number of carbonyl (C=O) groups is 1. The summed E-state index contributed by atoms with van der Waals surface area (Å²) in [6, 6.07) is 19.1. The van der Waals surface area contributed by atoms with Crippen LogP contribution in [0.2, 0.25) is 0 Å². The van der Waals surface area contributed by atoms with Crippen LogP contribution in [0.1, 0.15) is 24.0 Å². The number of benzene rings is 2. The SMILES string of the molecule is O=C1C=CN2c3ccccc3CCC2(Cc2ccccc2)C1. The molecule has 1 unspecified atom stereocenters. The third-order valence-electron chi connectivity index (χ3n) is 4.91. The Labute approximate surface area is 131 Å². The van der Waals surface area contributed by atoms with Crippen molar-refractivity contribution in [1.29, 1.82) is 0 Å². The Morgan fingerprint density at radius 3 is 2.64 bits per heavy atom. The van der Waals surface area contributed by atoms with E-state index >= 15 is 0 Å². The van der Waals surface area contributed by atoms with Crippen LogP contribution in [-0.4, -0.2) is 11.3 Å². The van der Waals surface area contributed by atoms with Crippen LogP contribution < -0.4 is 4.90 Å². The number of carbonyl (C=O) groups excluding carboxylic acids is 1. The van der Waals surface area contributed by atoms with Crippen molar-refractivity contribution >= 4 is 11.5 Å². The monoisotopic (exact) mass is 289 g/mol. The number of nitrogens with zero attached hydrogens (tertiary/aromatic N) is 1. The van der Waals surface area contributed by atoms with Crippen molar-refractivity contribution in [1.82, 2.24) is 0 Å². The number of aryl methyl sites for hydroxylation is 1. The lowest BCUT2D eigenvalue weighted by molar-refractivity contribution is -0.116. The molecule has 0 radical (unpaired) electrons. The molecule has 1 atom stereocenters. The van der Waals surface area contributed by atoms with Crippen molar-refractivity contribution in [3.63, 3.8) is 0 Å². The highest BCUT2D eigenvalue weighted by molar-refractivity contribution is 5.93. The van der Waals surface area contributed by atoms with Gasteiger partial charge in [-0.25, -0.2) is 0 Å². The number of allylic oxidation sites excluding steroid dienone is 1. The summed E-state index contributed by atoms with van der Waals surface area (Å²) < 4.78 is 0. The zero-order chi connectivity index (χ0) is 15.0. The Kier molecular flexibility index (Phi) is 3.11. The third-order valence-corrected chi connectivity index (χ3v) is 4.91. The van der Waals surface area contributed by atoms with Gasteiger partial charge < -0.3 is 4.90 Å². The lowest BCUT2D eigenvalue weighted by atomic mass is 9.75. The van der Waals surface area contributed by atoms with Gasteiger partial charge in [-0.1, -0.05) is 48.5 Å². The maximum absolute atomic E-state index is 12.1. The van der Waals surface area contributed by atoms with Crippen LogP contribution in [0.4, 0.5) is 5.69 Å². The summed E-state index contributed by atoms with van der Waals surface area (Å²) in [5, 5.41) is 0. The minimum atomic E-state index is -0.110. The minimum Gasteiger partial charge on any atom is -0.341 e. The fourth-order valence-electron chi connectivity index (χ4n) is 3.87. The molecule has 0 saturated heterocycles. The Hall–Kier alpha value is -2.35. The molecule has 2 heteroatoms. The van der Waals surface area contributed by atoms with Gasteiger partial charge >= 0.3 is 0 Å². The molecule has 0 aliphatic carbocycles. The van der Waals surface area contributed by atoms with Gasteiger partial charge in [0.2, 0.25) is 0 Å². The van der Waals surface area contributed by atoms with Crippen molar-refractivity contribution in [3.8, 4) is 0 Å². The highest BCUT2D eigenvalue weighted by atomic mass is 16.1. The second-order valence-corrected chi connectivity index (χ2v) is 6.34. The normalized spacial score (nSPS) is 23.1. The topological polar surface area (TPSA) is 20.3 Å². The Bertz CT molecular complexity index is 734. The molecule has 0 amide bonds. The van der Waals surface area contributed by atoms with Crippen LogP contribution in [0.3, 0.4) is 0 Å². The van der Waals surface area contributed by atoms with Gasteiger partial charge in [0.05, 0.1) is 5.54 Å². The first-order chi connectivity index (χ1) is 10.8. The van der Waals surface area contributed by atoms with Gasteiger partial charge in [0.25, 0.3) is 0 Å². The van der Waals surface area contributed by atoms with E-state index in [9.17, 15) is 4.79 Å². The average molecular weight is 289 g/mol. The molecule has 0 aromatic heterocycles. The molecule has 0 saturated carbocycles. The van der Waals surface area contributed by atoms with Crippen LogP contribution in [-0.2, 0) is 17.6 Å². The first kappa shape index (κ1) is 13.3. The van der Waals surface area contributed by atoms with E-state index in [1.807, 2.05) is 12.3 Å². The number of anilines is 1. The van der Waals surface area contributed by atoms with Crippen molar-refractivity contribution in [2.45, 2.75) is 31.2 Å². The van der Waals surface area contributed by atoms with Crippen molar-refractivity contribution in [2.75, 3.05) is 4.90 Å². The smallest absolute Gasteiger partial charge is 0.159 e. The van der Waals surface area contributed by atoms with Gasteiger partial charge in [-0.15, -0.1) is 0 Å². The average Bonchev–Trinajstić information content (AvgIpc) is 2.55. The molecule has 22 heavy (non-hydrogen) atoms. The van der Waals surface area contributed by atoms with Gasteiger partial charge in [0.15, 0.2) is 5.78 Å². The van der Waals surface area contributed by atoms with E-state index in [4.69, 9.17) is 0 Å². The molecule has 0 fully saturated rings. The first-order valence-corrected chi connectivity index (χ1v) is 7.89. The number of para-hydroxylation sites is 1. The van der Waals surface area contributed by atoms with Gasteiger partial charge in [-0.05, 0) is 42.5 Å². The largest absolute Gasteiger partial charge is 0.341 e. The predicted molar refractivity (Wildman–Crippen MR) is 88.9 cm³/mol. The second kappa shape index (κ2) is 5.13. The Morgan fingerprint density at radius 1 is 1.00 bits per heavy atom. The first-order valence-electron chi connectivity index (χ1n) is 7.89. The van der Waals surface area contributed by atoms with E-state index in [2.05, 4.69) is 53.4 Å². The van der Waals surface area contributed by atoms with E-state index in [1.54, 1.807) is 6.08 Å². The fourth-order valence-corrected chi connectivity index (χ4v) is 3.87. The molecule has 2 aliphatic heterocycles. The molecule has 2 aromatic carbocycles. The summed E-state index contributed by atoms with van der Waals surface area (Å²) in [4.78, 5) is 14.5. The van der Waals surface area contributed by atoms with E-state index in [0.717, 1.165) is 19.3 Å². The van der Waals surface area contributed by atoms with Crippen LogP contribution in [0.5, 0.6) is 0 Å². The Balaban J connectivity index is 1.79. The number of rotatable bonds is 2. The number of ketones is 1. The molecule has 0 N–H and O–H groups in total. The van der Waals surface area contributed by atoms with E-state index in [1.165, 1.54) is 16.8 Å². The molecule has 2 heterocycles. The van der Waals surface area contributed by atoms with Crippen LogP contribution in [0.25, 0.3) is 0 Å². The number of fused-ring (bicyclic) bond motifs is 3. The fraction of sp³-hybridized carbons (Fsp3) is 0.250. The quantitative estimate of drug-likeness (QED) is 0.835. The maximum atomic E-state index is 12.1. The molecule has 110 valence electrons. The number of hydrogen-bond donors (Lipinski definition) is 0. The standard InChI is InChI=1S/C20H19NO/c22-18-11-13-21-19-9-5-4-8-17(19)10-12-20(21,15-18)14-16-6-2-1-3-7-16/h1-9,11,13H,10,12,14-15H2. The van der Waals surface area contributed by atoms with Gasteiger partial charge in [-0.3, -0.25) is 4.79 Å². The van der Waals surface area contributed by atoms with E-state index in [0.29, 0.717) is 6.42 Å². The summed E-state index contributed by atoms with van der Waals surface area (Å²) in [5.74, 6) is 0.242. The lowest BCUT2D eigenvalue weighted by Crippen LogP contribution is -2.54. The van der Waals surface area contributed by atoms with Crippen LogP contribution >= 0.6 is 0 Å². The molecule has 0 spiro atoms. The minimum absolute atomic E-state index is 0.110. The van der Waals surface area contributed by atoms with Gasteiger partial charge in [0, 0.05) is 18.3 Å². The Morgan fingerprint density at radius 2 is 1.77 bits per heavy atom. The zero-order valence-corrected chi connectivity index (χ0v) is 12.5. The molecule has 0 bridgehead atoms. The molecule has 2 aliphatic rings. The maximum Gasteiger partial charge on any atom is 0.159 e. The molecule has 2 nitrogen and oxygen atoms in total. The predicted octanol–water partition coefficient (Wildman–Crippen LogP) is 3.91. The van der Waals surface area contributed by atoms with Gasteiger partial charge in [-0.2, -0.15) is 0 Å². The van der Waals surface area contributed by atoms with Gasteiger partial charge in [0.1, 0.15) is 0 Å². The summed E-state index contributed by atoms with van der Waals surface area (Å²) in [6.07, 6.45) is 7.30. The molecule has 4 rings (SSSR count). The van der Waals surface area contributed by atoms with Crippen LogP contribution in [0, 0.1) is 0 Å². The third kappa shape index (κ3) is 2.16. The van der Waals surface area contributed by atoms with E-state index < -0.39 is 0 Å². The molecular formula is C20H19NO. The summed E-state index contributed by atoms with van der Waals surface area (Å²) in [5.41, 5.74) is 3.83. The summed E-state index contributed by atoms with van der Waals surface area (Å²) >= 11 is 0. The van der Waals surface area contributed by atoms with E-state index in [-0.39, 0.29) is 11.3 Å². The highest BCUT2D eigenvalue weighted by Crippen LogP contribution is 2.43. The highest BCUT2D eigenvalue weighted by Gasteiger charge is 2.43. The lowest BCUT2D eigenvalue weighted by Gasteiger charge is -2.49. The second-order valence-electron chi connectivity index (χ2n) is 6.34. The molecule has 2 aromatic rings. The number of hydrogen-bond acceptors (Lipinski definition) is 2. The summed E-state index contributed by atoms with van der Waals surface area (Å²) in [6.45, 7) is 0. The van der Waals surface area contributed by atoms with Crippen molar-refractivity contribution < 1.29 is 4.79 Å². The zero-order valence-electron chi connectivity index (χ0n) is 12.5. The molecular weight excluding hydrogens is 270 g/mol.